The van der Waals surface area contributed by atoms with E-state index in [0.717, 1.165) is 0 Å². The van der Waals surface area contributed by atoms with Crippen molar-refractivity contribution in [2.45, 2.75) is 20.3 Å². The average molecular weight is 226 g/mol. The van der Waals surface area contributed by atoms with E-state index in [0.29, 0.717) is 15.1 Å². The molecule has 0 aliphatic carbocycles. The summed E-state index contributed by atoms with van der Waals surface area (Å²) in [7, 11) is 0. The Morgan fingerprint density at radius 3 is 1.17 bits per heavy atom. The molecule has 0 aliphatic rings. The number of rotatable bonds is 0. The fourth-order valence-electron chi connectivity index (χ4n) is 0.520. The van der Waals surface area contributed by atoms with E-state index in [9.17, 15) is 0 Å². The molecule has 0 fully saturated rings. The van der Waals surface area contributed by atoms with Gasteiger partial charge in [0, 0.05) is 15.1 Å². The summed E-state index contributed by atoms with van der Waals surface area (Å²) in [5, 5.41) is 1.69. The van der Waals surface area contributed by atoms with Crippen LogP contribution in [0.3, 0.4) is 0 Å². The summed E-state index contributed by atoms with van der Waals surface area (Å²) in [4.78, 5) is 0. The van der Waals surface area contributed by atoms with Crippen LogP contribution in [0.5, 0.6) is 0 Å². The van der Waals surface area contributed by atoms with Gasteiger partial charge in [-0.05, 0) is 18.2 Å². The van der Waals surface area contributed by atoms with Crippen LogP contribution in [0, 0.1) is 0 Å². The standard InChI is InChI=1S/C6H3Cl3.C3H8/c7-4-1-5(8)3-6(9)2-4;1-3-2/h1-3H;3H2,1-2H3. The van der Waals surface area contributed by atoms with Crippen LogP contribution in [0.25, 0.3) is 0 Å². The molecule has 1 aromatic carbocycles. The molecular weight excluding hydrogens is 214 g/mol. The minimum absolute atomic E-state index is 0.563. The monoisotopic (exact) mass is 224 g/mol. The zero-order chi connectivity index (χ0) is 9.56. The molecule has 1 aromatic rings. The number of hydrogen-bond acceptors (Lipinski definition) is 0. The maximum Gasteiger partial charge on any atom is 0.0435 e. The first-order valence-corrected chi connectivity index (χ1v) is 4.85. The van der Waals surface area contributed by atoms with Crippen LogP contribution in [-0.4, -0.2) is 0 Å². The van der Waals surface area contributed by atoms with E-state index in [1.807, 2.05) is 0 Å². The molecule has 0 nitrogen and oxygen atoms in total. The van der Waals surface area contributed by atoms with Crippen LogP contribution in [0.1, 0.15) is 20.3 Å². The molecule has 0 N–H and O–H groups in total. The molecule has 0 aromatic heterocycles. The zero-order valence-corrected chi connectivity index (χ0v) is 9.34. The third-order valence-electron chi connectivity index (χ3n) is 0.827. The van der Waals surface area contributed by atoms with Crippen LogP contribution < -0.4 is 0 Å². The second kappa shape index (κ2) is 6.59. The lowest BCUT2D eigenvalue weighted by Crippen LogP contribution is -1.65. The van der Waals surface area contributed by atoms with Crippen molar-refractivity contribution in [3.8, 4) is 0 Å². The smallest absolute Gasteiger partial charge is 0.0435 e. The van der Waals surface area contributed by atoms with Gasteiger partial charge in [-0.3, -0.25) is 0 Å². The molecule has 0 heterocycles. The molecule has 0 aliphatic heterocycles. The Bertz CT molecular complexity index is 183. The van der Waals surface area contributed by atoms with Crippen LogP contribution in [0.2, 0.25) is 15.1 Å². The normalized spacial score (nSPS) is 8.75. The minimum atomic E-state index is 0.563. The van der Waals surface area contributed by atoms with Gasteiger partial charge < -0.3 is 0 Å². The Kier molecular flexibility index (Phi) is 6.64. The van der Waals surface area contributed by atoms with Crippen molar-refractivity contribution in [2.24, 2.45) is 0 Å². The number of hydrogen-bond donors (Lipinski definition) is 0. The first-order chi connectivity index (χ1) is 5.60. The van der Waals surface area contributed by atoms with Gasteiger partial charge in [-0.1, -0.05) is 55.1 Å². The van der Waals surface area contributed by atoms with E-state index in [1.165, 1.54) is 6.42 Å². The van der Waals surface area contributed by atoms with E-state index in [2.05, 4.69) is 13.8 Å². The highest BCUT2D eigenvalue weighted by atomic mass is 35.5. The van der Waals surface area contributed by atoms with Crippen LogP contribution in [0.15, 0.2) is 18.2 Å². The van der Waals surface area contributed by atoms with Gasteiger partial charge in [-0.25, -0.2) is 0 Å². The van der Waals surface area contributed by atoms with Crippen molar-refractivity contribution >= 4 is 34.8 Å². The molecule has 0 saturated carbocycles. The molecule has 0 amide bonds. The second-order valence-corrected chi connectivity index (χ2v) is 3.60. The van der Waals surface area contributed by atoms with E-state index in [4.69, 9.17) is 34.8 Å². The predicted octanol–water partition coefficient (Wildman–Crippen LogP) is 5.06. The summed E-state index contributed by atoms with van der Waals surface area (Å²) in [5.74, 6) is 0. The fourth-order valence-corrected chi connectivity index (χ4v) is 1.39. The summed E-state index contributed by atoms with van der Waals surface area (Å²) in [6.45, 7) is 4.25. The van der Waals surface area contributed by atoms with E-state index in [-0.39, 0.29) is 0 Å². The topological polar surface area (TPSA) is 0 Å². The maximum absolute atomic E-state index is 5.58. The van der Waals surface area contributed by atoms with Crippen LogP contribution in [0.4, 0.5) is 0 Å². The Hall–Kier alpha value is 0.0900. The summed E-state index contributed by atoms with van der Waals surface area (Å²) in [6.07, 6.45) is 1.25. The average Bonchev–Trinajstić information content (AvgIpc) is 1.84. The molecule has 0 radical (unpaired) electrons. The Morgan fingerprint density at radius 1 is 0.833 bits per heavy atom. The van der Waals surface area contributed by atoms with Crippen LogP contribution in [-0.2, 0) is 0 Å². The lowest BCUT2D eigenvalue weighted by molar-refractivity contribution is 1.09. The molecule has 0 unspecified atom stereocenters. The summed E-state index contributed by atoms with van der Waals surface area (Å²) in [5.41, 5.74) is 0. The molecule has 0 saturated heterocycles. The lowest BCUT2D eigenvalue weighted by Gasteiger charge is -1.91. The molecule has 0 atom stereocenters. The van der Waals surface area contributed by atoms with Gasteiger partial charge in [-0.2, -0.15) is 0 Å². The summed E-state index contributed by atoms with van der Waals surface area (Å²) >= 11 is 16.7. The van der Waals surface area contributed by atoms with E-state index < -0.39 is 0 Å². The molecule has 3 heteroatoms. The Morgan fingerprint density at radius 2 is 1.00 bits per heavy atom. The molecule has 68 valence electrons. The predicted molar refractivity (Wildman–Crippen MR) is 57.4 cm³/mol. The first-order valence-electron chi connectivity index (χ1n) is 3.71. The van der Waals surface area contributed by atoms with Gasteiger partial charge in [0.25, 0.3) is 0 Å². The van der Waals surface area contributed by atoms with Gasteiger partial charge in [0.05, 0.1) is 0 Å². The number of benzene rings is 1. The maximum atomic E-state index is 5.58. The molecule has 0 bridgehead atoms. The number of halogens is 3. The third-order valence-corrected chi connectivity index (χ3v) is 1.48. The highest BCUT2D eigenvalue weighted by Gasteiger charge is 1.92. The van der Waals surface area contributed by atoms with Gasteiger partial charge in [0.15, 0.2) is 0 Å². The molecule has 12 heavy (non-hydrogen) atoms. The highest BCUT2D eigenvalue weighted by molar-refractivity contribution is 6.38. The summed E-state index contributed by atoms with van der Waals surface area (Å²) < 4.78 is 0. The Balaban J connectivity index is 0.000000354. The van der Waals surface area contributed by atoms with Crippen molar-refractivity contribution in [1.29, 1.82) is 0 Å². The van der Waals surface area contributed by atoms with Crippen molar-refractivity contribution in [2.75, 3.05) is 0 Å². The lowest BCUT2D eigenvalue weighted by atomic mass is 10.4. The summed E-state index contributed by atoms with van der Waals surface area (Å²) in [6, 6.07) is 4.90. The quantitative estimate of drug-likeness (QED) is 0.579. The van der Waals surface area contributed by atoms with Crippen molar-refractivity contribution in [3.05, 3.63) is 33.3 Å². The van der Waals surface area contributed by atoms with Gasteiger partial charge in [-0.15, -0.1) is 0 Å². The SMILES string of the molecule is CCC.Clc1cc(Cl)cc(Cl)c1. The second-order valence-electron chi connectivity index (χ2n) is 2.29. The molecule has 1 rings (SSSR count). The molecular formula is C9H11Cl3. The molecule has 0 spiro atoms. The van der Waals surface area contributed by atoms with Crippen molar-refractivity contribution in [3.63, 3.8) is 0 Å². The largest absolute Gasteiger partial charge is 0.0842 e. The minimum Gasteiger partial charge on any atom is -0.0842 e. The Labute approximate surface area is 88.4 Å². The van der Waals surface area contributed by atoms with E-state index in [1.54, 1.807) is 18.2 Å². The van der Waals surface area contributed by atoms with Crippen molar-refractivity contribution < 1.29 is 0 Å². The van der Waals surface area contributed by atoms with E-state index >= 15 is 0 Å². The highest BCUT2D eigenvalue weighted by Crippen LogP contribution is 2.21. The third kappa shape index (κ3) is 5.70. The van der Waals surface area contributed by atoms with Crippen molar-refractivity contribution in [1.82, 2.24) is 0 Å². The first kappa shape index (κ1) is 12.1. The fraction of sp³-hybridized carbons (Fsp3) is 0.333. The van der Waals surface area contributed by atoms with Gasteiger partial charge in [0.2, 0.25) is 0 Å². The van der Waals surface area contributed by atoms with Gasteiger partial charge >= 0.3 is 0 Å². The van der Waals surface area contributed by atoms with Gasteiger partial charge in [0.1, 0.15) is 0 Å². The zero-order valence-electron chi connectivity index (χ0n) is 7.07. The van der Waals surface area contributed by atoms with Crippen LogP contribution >= 0.6 is 34.8 Å².